The number of aryl methyl sites for hydroxylation is 1. The molecule has 2 rings (SSSR count). The van der Waals surface area contributed by atoms with Gasteiger partial charge in [0.05, 0.1) is 11.4 Å². The summed E-state index contributed by atoms with van der Waals surface area (Å²) in [5.74, 6) is 0.198. The predicted molar refractivity (Wildman–Crippen MR) is 88.8 cm³/mol. The number of hydrogen-bond acceptors (Lipinski definition) is 3. The molecule has 0 aromatic heterocycles. The minimum Gasteiger partial charge on any atom is -0.335 e. The van der Waals surface area contributed by atoms with Crippen molar-refractivity contribution >= 4 is 27.4 Å². The smallest absolute Gasteiger partial charge is 0.319 e. The van der Waals surface area contributed by atoms with E-state index in [4.69, 9.17) is 0 Å². The zero-order valence-corrected chi connectivity index (χ0v) is 14.0. The molecule has 1 fully saturated rings. The SMILES string of the molecule is CCC(C)NC(=O)Nc1ccc(N2CCCS2(=O)=O)c(C)c1. The fourth-order valence-electron chi connectivity index (χ4n) is 2.42. The Balaban J connectivity index is 2.12. The van der Waals surface area contributed by atoms with E-state index in [0.29, 0.717) is 24.3 Å². The summed E-state index contributed by atoms with van der Waals surface area (Å²) < 4.78 is 25.4. The molecule has 1 saturated heterocycles. The van der Waals surface area contributed by atoms with E-state index >= 15 is 0 Å². The topological polar surface area (TPSA) is 78.5 Å². The number of sulfonamides is 1. The van der Waals surface area contributed by atoms with Crippen molar-refractivity contribution in [3.05, 3.63) is 23.8 Å². The summed E-state index contributed by atoms with van der Waals surface area (Å²) in [4.78, 5) is 11.8. The van der Waals surface area contributed by atoms with Crippen LogP contribution in [0.5, 0.6) is 0 Å². The number of nitrogens with one attached hydrogen (secondary N) is 2. The highest BCUT2D eigenvalue weighted by molar-refractivity contribution is 7.93. The number of rotatable bonds is 4. The van der Waals surface area contributed by atoms with Gasteiger partial charge < -0.3 is 10.6 Å². The van der Waals surface area contributed by atoms with Crippen molar-refractivity contribution in [2.24, 2.45) is 0 Å². The van der Waals surface area contributed by atoms with Gasteiger partial charge in [-0.1, -0.05) is 6.92 Å². The van der Waals surface area contributed by atoms with Crippen LogP contribution < -0.4 is 14.9 Å². The van der Waals surface area contributed by atoms with E-state index in [0.717, 1.165) is 12.0 Å². The van der Waals surface area contributed by atoms with E-state index < -0.39 is 10.0 Å². The molecule has 0 aliphatic carbocycles. The van der Waals surface area contributed by atoms with Crippen molar-refractivity contribution in [1.29, 1.82) is 0 Å². The Morgan fingerprint density at radius 2 is 2.14 bits per heavy atom. The standard InChI is InChI=1S/C15H23N3O3S/c1-4-12(3)16-15(19)17-13-6-7-14(11(2)10-13)18-8-5-9-22(18,20)21/h6-7,10,12H,4-5,8-9H2,1-3H3,(H2,16,17,19). The molecule has 1 atom stereocenters. The zero-order valence-electron chi connectivity index (χ0n) is 13.2. The molecule has 122 valence electrons. The number of anilines is 2. The van der Waals surface area contributed by atoms with E-state index in [9.17, 15) is 13.2 Å². The van der Waals surface area contributed by atoms with E-state index in [1.54, 1.807) is 18.2 Å². The molecule has 2 amide bonds. The molecule has 0 spiro atoms. The molecule has 6 nitrogen and oxygen atoms in total. The summed E-state index contributed by atoms with van der Waals surface area (Å²) in [5, 5.41) is 5.59. The van der Waals surface area contributed by atoms with Gasteiger partial charge in [-0.2, -0.15) is 0 Å². The maximum absolute atomic E-state index is 12.0. The number of carbonyl (C=O) groups is 1. The monoisotopic (exact) mass is 325 g/mol. The van der Waals surface area contributed by atoms with E-state index in [-0.39, 0.29) is 17.8 Å². The van der Waals surface area contributed by atoms with Gasteiger partial charge in [-0.25, -0.2) is 13.2 Å². The maximum atomic E-state index is 12.0. The normalized spacial score (nSPS) is 18.0. The van der Waals surface area contributed by atoms with Crippen LogP contribution in [-0.4, -0.2) is 32.8 Å². The second kappa shape index (κ2) is 6.56. The van der Waals surface area contributed by atoms with Crippen LogP contribution in [0.1, 0.15) is 32.3 Å². The Labute approximate surface area is 131 Å². The van der Waals surface area contributed by atoms with Gasteiger partial charge in [0.25, 0.3) is 0 Å². The summed E-state index contributed by atoms with van der Waals surface area (Å²) in [6.45, 7) is 6.30. The van der Waals surface area contributed by atoms with Crippen LogP contribution in [0, 0.1) is 6.92 Å². The van der Waals surface area contributed by atoms with Crippen molar-refractivity contribution in [3.8, 4) is 0 Å². The third kappa shape index (κ3) is 3.71. The van der Waals surface area contributed by atoms with Crippen LogP contribution in [0.15, 0.2) is 18.2 Å². The van der Waals surface area contributed by atoms with Gasteiger partial charge in [0, 0.05) is 18.3 Å². The molecule has 0 saturated carbocycles. The van der Waals surface area contributed by atoms with Gasteiger partial charge in [0.15, 0.2) is 0 Å². The minimum atomic E-state index is -3.18. The van der Waals surface area contributed by atoms with Crippen molar-refractivity contribution in [2.75, 3.05) is 21.9 Å². The third-order valence-electron chi connectivity index (χ3n) is 3.81. The molecule has 1 aliphatic heterocycles. The average Bonchev–Trinajstić information content (AvgIpc) is 2.78. The molecule has 0 bridgehead atoms. The van der Waals surface area contributed by atoms with Gasteiger partial charge in [-0.05, 0) is 50.5 Å². The Morgan fingerprint density at radius 1 is 1.41 bits per heavy atom. The molecular formula is C15H23N3O3S. The van der Waals surface area contributed by atoms with Crippen molar-refractivity contribution in [1.82, 2.24) is 5.32 Å². The molecule has 1 unspecified atom stereocenters. The summed E-state index contributed by atoms with van der Waals surface area (Å²) in [7, 11) is -3.18. The second-order valence-electron chi connectivity index (χ2n) is 5.65. The Kier molecular flexibility index (Phi) is 4.95. The Hall–Kier alpha value is -1.76. The summed E-state index contributed by atoms with van der Waals surface area (Å²) in [6.07, 6.45) is 1.51. The highest BCUT2D eigenvalue weighted by Gasteiger charge is 2.29. The lowest BCUT2D eigenvalue weighted by molar-refractivity contribution is 0.249. The third-order valence-corrected chi connectivity index (χ3v) is 5.67. The maximum Gasteiger partial charge on any atom is 0.319 e. The molecule has 0 radical (unpaired) electrons. The highest BCUT2D eigenvalue weighted by atomic mass is 32.2. The lowest BCUT2D eigenvalue weighted by Crippen LogP contribution is -2.35. The van der Waals surface area contributed by atoms with Crippen molar-refractivity contribution in [2.45, 2.75) is 39.7 Å². The molecule has 2 N–H and O–H groups in total. The first-order valence-electron chi connectivity index (χ1n) is 7.52. The van der Waals surface area contributed by atoms with Crippen LogP contribution >= 0.6 is 0 Å². The van der Waals surface area contributed by atoms with Gasteiger partial charge in [-0.15, -0.1) is 0 Å². The lowest BCUT2D eigenvalue weighted by atomic mass is 10.1. The molecule has 1 heterocycles. The van der Waals surface area contributed by atoms with Crippen LogP contribution in [0.25, 0.3) is 0 Å². The summed E-state index contributed by atoms with van der Waals surface area (Å²) >= 11 is 0. The Morgan fingerprint density at radius 3 is 2.68 bits per heavy atom. The average molecular weight is 325 g/mol. The van der Waals surface area contributed by atoms with E-state index in [2.05, 4.69) is 10.6 Å². The van der Waals surface area contributed by atoms with Crippen LogP contribution in [-0.2, 0) is 10.0 Å². The molecule has 1 aromatic rings. The fourth-order valence-corrected chi connectivity index (χ4v) is 4.04. The molecule has 1 aromatic carbocycles. The minimum absolute atomic E-state index is 0.107. The second-order valence-corrected chi connectivity index (χ2v) is 7.66. The van der Waals surface area contributed by atoms with Gasteiger partial charge in [0.2, 0.25) is 10.0 Å². The van der Waals surface area contributed by atoms with E-state index in [1.807, 2.05) is 20.8 Å². The number of nitrogens with zero attached hydrogens (tertiary/aromatic N) is 1. The lowest BCUT2D eigenvalue weighted by Gasteiger charge is -2.20. The molecular weight excluding hydrogens is 302 g/mol. The van der Waals surface area contributed by atoms with Crippen LogP contribution in [0.2, 0.25) is 0 Å². The largest absolute Gasteiger partial charge is 0.335 e. The zero-order chi connectivity index (χ0) is 16.3. The van der Waals surface area contributed by atoms with Crippen LogP contribution in [0.4, 0.5) is 16.2 Å². The number of amides is 2. The van der Waals surface area contributed by atoms with Gasteiger partial charge in [-0.3, -0.25) is 4.31 Å². The number of carbonyl (C=O) groups excluding carboxylic acids is 1. The van der Waals surface area contributed by atoms with Crippen LogP contribution in [0.3, 0.4) is 0 Å². The Bertz CT molecular complexity index is 658. The van der Waals surface area contributed by atoms with Crippen molar-refractivity contribution in [3.63, 3.8) is 0 Å². The number of urea groups is 1. The number of hydrogen-bond donors (Lipinski definition) is 2. The summed E-state index contributed by atoms with van der Waals surface area (Å²) in [5.41, 5.74) is 2.16. The molecule has 1 aliphatic rings. The molecule has 22 heavy (non-hydrogen) atoms. The number of benzene rings is 1. The van der Waals surface area contributed by atoms with Crippen molar-refractivity contribution < 1.29 is 13.2 Å². The molecule has 7 heteroatoms. The first-order chi connectivity index (χ1) is 10.3. The summed E-state index contributed by atoms with van der Waals surface area (Å²) in [6, 6.07) is 5.12. The predicted octanol–water partition coefficient (Wildman–Crippen LogP) is 2.45. The first kappa shape index (κ1) is 16.6. The first-order valence-corrected chi connectivity index (χ1v) is 9.13. The fraction of sp³-hybridized carbons (Fsp3) is 0.533. The van der Waals surface area contributed by atoms with E-state index in [1.165, 1.54) is 4.31 Å². The quantitative estimate of drug-likeness (QED) is 0.892. The van der Waals surface area contributed by atoms with Gasteiger partial charge >= 0.3 is 6.03 Å². The highest BCUT2D eigenvalue weighted by Crippen LogP contribution is 2.29. The van der Waals surface area contributed by atoms with Gasteiger partial charge in [0.1, 0.15) is 0 Å².